The first-order valence-electron chi connectivity index (χ1n) is 10.7. The monoisotopic (exact) mass is 426 g/mol. The summed E-state index contributed by atoms with van der Waals surface area (Å²) in [6, 6.07) is 0. The maximum atomic E-state index is 8.70. The molecule has 0 saturated carbocycles. The van der Waals surface area contributed by atoms with Crippen LogP contribution in [0, 0.1) is 16.2 Å². The molecule has 0 aromatic carbocycles. The Labute approximate surface area is 183 Å². The van der Waals surface area contributed by atoms with E-state index in [1.54, 1.807) is 4.68 Å². The number of nitrogens with zero attached hydrogens (tertiary/aromatic N) is 6. The molecule has 1 aromatic heterocycles. The van der Waals surface area contributed by atoms with Crippen molar-refractivity contribution in [1.29, 1.82) is 0 Å². The molecule has 0 radical (unpaired) electrons. The molecule has 2 N–H and O–H groups in total. The topological polar surface area (TPSA) is 120 Å². The average molecular weight is 427 g/mol. The number of hydrogen-bond donors (Lipinski definition) is 2. The minimum atomic E-state index is 0.113. The quantitative estimate of drug-likeness (QED) is 0.344. The fourth-order valence-electron chi connectivity index (χ4n) is 1.93. The lowest BCUT2D eigenvalue weighted by molar-refractivity contribution is 0.225. The van der Waals surface area contributed by atoms with E-state index in [-0.39, 0.29) is 12.0 Å². The Morgan fingerprint density at radius 3 is 1.80 bits per heavy atom. The van der Waals surface area contributed by atoms with Crippen molar-refractivity contribution in [2.75, 3.05) is 19.8 Å². The van der Waals surface area contributed by atoms with Crippen LogP contribution in [-0.2, 0) is 13.0 Å². The van der Waals surface area contributed by atoms with Crippen LogP contribution in [0.3, 0.4) is 0 Å². The van der Waals surface area contributed by atoms with Crippen molar-refractivity contribution in [3.05, 3.63) is 22.3 Å². The average Bonchev–Trinajstić information content (AvgIpc) is 3.00. The first-order valence-corrected chi connectivity index (χ1v) is 10.7. The van der Waals surface area contributed by atoms with Gasteiger partial charge in [0.15, 0.2) is 0 Å². The highest BCUT2D eigenvalue weighted by Gasteiger charge is 2.11. The van der Waals surface area contributed by atoms with Gasteiger partial charge < -0.3 is 10.2 Å². The summed E-state index contributed by atoms with van der Waals surface area (Å²) in [5.41, 5.74) is 9.85. The SMILES string of the molecule is CC(C)(C)CCN=[N+]=[N-].CC(C)(C)CCO.CC(C)(C)CCc1cn(CCO)nn1. The van der Waals surface area contributed by atoms with E-state index >= 15 is 0 Å². The second kappa shape index (κ2) is 15.2. The molecule has 30 heavy (non-hydrogen) atoms. The van der Waals surface area contributed by atoms with E-state index in [1.807, 2.05) is 6.20 Å². The van der Waals surface area contributed by atoms with Crippen LogP contribution in [-0.4, -0.2) is 45.0 Å². The number of aliphatic hydroxyl groups is 2. The summed E-state index contributed by atoms with van der Waals surface area (Å²) in [4.78, 5) is 2.66. The van der Waals surface area contributed by atoms with Gasteiger partial charge in [-0.1, -0.05) is 72.6 Å². The van der Waals surface area contributed by atoms with Crippen LogP contribution in [0.1, 0.15) is 87.3 Å². The van der Waals surface area contributed by atoms with Crippen LogP contribution < -0.4 is 0 Å². The highest BCUT2D eigenvalue weighted by molar-refractivity contribution is 4.93. The Kier molecular flexibility index (Phi) is 15.5. The molecule has 1 aromatic rings. The third-order valence-corrected chi connectivity index (χ3v) is 3.93. The van der Waals surface area contributed by atoms with Crippen LogP contribution in [0.25, 0.3) is 10.4 Å². The van der Waals surface area contributed by atoms with Crippen molar-refractivity contribution in [2.45, 2.75) is 94.5 Å². The standard InChI is InChI=1S/C10H19N3O.C6H13N3.C6H14O/c1-10(2,3)5-4-9-8-13(6-7-14)12-11-9;1-6(2,3)4-5-8-9-7;1-6(2,3)4-5-7/h8,14H,4-7H2,1-3H3;4-5H2,1-3H3;7H,4-5H2,1-3H3. The van der Waals surface area contributed by atoms with Gasteiger partial charge in [0.05, 0.1) is 18.8 Å². The molecule has 0 saturated heterocycles. The van der Waals surface area contributed by atoms with Gasteiger partial charge in [0.1, 0.15) is 0 Å². The molecule has 1 heterocycles. The molecule has 0 aliphatic carbocycles. The third-order valence-electron chi connectivity index (χ3n) is 3.93. The van der Waals surface area contributed by atoms with Gasteiger partial charge in [-0.2, -0.15) is 0 Å². The molecule has 0 spiro atoms. The summed E-state index contributed by atoms with van der Waals surface area (Å²) in [6.45, 7) is 20.9. The number of aliphatic hydroxyl groups excluding tert-OH is 2. The van der Waals surface area contributed by atoms with Gasteiger partial charge >= 0.3 is 0 Å². The zero-order valence-corrected chi connectivity index (χ0v) is 20.8. The van der Waals surface area contributed by atoms with E-state index < -0.39 is 0 Å². The maximum absolute atomic E-state index is 8.70. The number of hydrogen-bond acceptors (Lipinski definition) is 5. The van der Waals surface area contributed by atoms with Gasteiger partial charge in [0.25, 0.3) is 0 Å². The van der Waals surface area contributed by atoms with Crippen LogP contribution >= 0.6 is 0 Å². The predicted molar refractivity (Wildman–Crippen MR) is 124 cm³/mol. The van der Waals surface area contributed by atoms with Crippen LogP contribution in [0.4, 0.5) is 0 Å². The smallest absolute Gasteiger partial charge is 0.0827 e. The Morgan fingerprint density at radius 2 is 1.43 bits per heavy atom. The van der Waals surface area contributed by atoms with Crippen molar-refractivity contribution in [2.24, 2.45) is 21.4 Å². The normalized spacial score (nSPS) is 11.6. The molecule has 0 amide bonds. The molecule has 0 unspecified atom stereocenters. The van der Waals surface area contributed by atoms with E-state index in [0.717, 1.165) is 31.4 Å². The summed E-state index contributed by atoms with van der Waals surface area (Å²) in [6.07, 6.45) is 5.81. The highest BCUT2D eigenvalue weighted by Crippen LogP contribution is 2.20. The van der Waals surface area contributed by atoms with Crippen LogP contribution in [0.2, 0.25) is 0 Å². The van der Waals surface area contributed by atoms with Crippen molar-refractivity contribution < 1.29 is 10.2 Å². The Balaban J connectivity index is 0. The lowest BCUT2D eigenvalue weighted by Crippen LogP contribution is -2.06. The number of aryl methyl sites for hydroxylation is 1. The second-order valence-electron chi connectivity index (χ2n) is 11.1. The molecule has 0 aliphatic heterocycles. The molecule has 0 atom stereocenters. The van der Waals surface area contributed by atoms with Crippen molar-refractivity contribution in [3.63, 3.8) is 0 Å². The van der Waals surface area contributed by atoms with Crippen LogP contribution in [0.15, 0.2) is 11.3 Å². The second-order valence-corrected chi connectivity index (χ2v) is 11.1. The molecule has 176 valence electrons. The lowest BCUT2D eigenvalue weighted by atomic mass is 9.90. The molecular formula is C22H46N6O2. The van der Waals surface area contributed by atoms with Gasteiger partial charge in [-0.3, -0.25) is 0 Å². The van der Waals surface area contributed by atoms with Crippen molar-refractivity contribution in [3.8, 4) is 0 Å². The van der Waals surface area contributed by atoms with E-state index in [1.165, 1.54) is 0 Å². The predicted octanol–water partition coefficient (Wildman–Crippen LogP) is 5.40. The summed E-state index contributed by atoms with van der Waals surface area (Å²) in [5, 5.41) is 28.5. The molecule has 1 rings (SSSR count). The van der Waals surface area contributed by atoms with E-state index in [2.05, 4.69) is 82.7 Å². The van der Waals surface area contributed by atoms with Gasteiger partial charge in [-0.25, -0.2) is 4.68 Å². The van der Waals surface area contributed by atoms with Gasteiger partial charge in [0.2, 0.25) is 0 Å². The fourth-order valence-corrected chi connectivity index (χ4v) is 1.93. The van der Waals surface area contributed by atoms with E-state index in [0.29, 0.717) is 30.5 Å². The van der Waals surface area contributed by atoms with E-state index in [9.17, 15) is 0 Å². The summed E-state index contributed by atoms with van der Waals surface area (Å²) in [5.74, 6) is 0. The maximum Gasteiger partial charge on any atom is 0.0827 e. The third kappa shape index (κ3) is 24.4. The minimum absolute atomic E-state index is 0.113. The lowest BCUT2D eigenvalue weighted by Gasteiger charge is -2.16. The van der Waals surface area contributed by atoms with Crippen LogP contribution in [0.5, 0.6) is 0 Å². The molecule has 0 fully saturated rings. The largest absolute Gasteiger partial charge is 0.396 e. The van der Waals surface area contributed by atoms with Gasteiger partial charge in [-0.05, 0) is 47.5 Å². The number of azide groups is 1. The summed E-state index contributed by atoms with van der Waals surface area (Å²) in [7, 11) is 0. The Hall–Kier alpha value is -1.63. The Bertz CT molecular complexity index is 588. The zero-order chi connectivity index (χ0) is 23.8. The van der Waals surface area contributed by atoms with Crippen molar-refractivity contribution >= 4 is 0 Å². The van der Waals surface area contributed by atoms with Gasteiger partial charge in [-0.15, -0.1) is 5.10 Å². The first-order chi connectivity index (χ1) is 13.6. The molecule has 0 bridgehead atoms. The van der Waals surface area contributed by atoms with Gasteiger partial charge in [0, 0.05) is 24.3 Å². The Morgan fingerprint density at radius 1 is 0.900 bits per heavy atom. The summed E-state index contributed by atoms with van der Waals surface area (Å²) >= 11 is 0. The molecule has 8 nitrogen and oxygen atoms in total. The zero-order valence-electron chi connectivity index (χ0n) is 20.8. The molecule has 0 aliphatic rings. The first kappa shape index (κ1) is 30.6. The molecular weight excluding hydrogens is 380 g/mol. The fraction of sp³-hybridized carbons (Fsp3) is 0.909. The van der Waals surface area contributed by atoms with E-state index in [4.69, 9.17) is 15.7 Å². The van der Waals surface area contributed by atoms with Crippen molar-refractivity contribution in [1.82, 2.24) is 15.0 Å². The molecule has 8 heteroatoms. The number of rotatable bonds is 7. The summed E-state index contributed by atoms with van der Waals surface area (Å²) < 4.78 is 1.68. The minimum Gasteiger partial charge on any atom is -0.396 e. The number of aromatic nitrogens is 3. The highest BCUT2D eigenvalue weighted by atomic mass is 16.3.